The van der Waals surface area contributed by atoms with Crippen LogP contribution in [0.4, 0.5) is 5.69 Å². The lowest BCUT2D eigenvalue weighted by atomic mass is 10.1. The fraction of sp³-hybridized carbons (Fsp3) is 0.526. The molecule has 0 aromatic heterocycles. The molecule has 0 amide bonds. The second-order valence-electron chi connectivity index (χ2n) is 6.58. The molecule has 1 fully saturated rings. The van der Waals surface area contributed by atoms with E-state index in [0.717, 1.165) is 49.5 Å². The monoisotopic (exact) mass is 518 g/mol. The van der Waals surface area contributed by atoms with Crippen LogP contribution in [-0.4, -0.2) is 38.2 Å². The van der Waals surface area contributed by atoms with Gasteiger partial charge in [-0.05, 0) is 56.4 Å². The summed E-state index contributed by atoms with van der Waals surface area (Å²) in [7, 11) is 0. The molecular formula is C19H28BrIN4. The Kier molecular flexibility index (Phi) is 8.55. The summed E-state index contributed by atoms with van der Waals surface area (Å²) < 4.78 is 1.13. The summed E-state index contributed by atoms with van der Waals surface area (Å²) in [6.07, 6.45) is 7.91. The van der Waals surface area contributed by atoms with E-state index < -0.39 is 0 Å². The number of rotatable bonds is 5. The molecule has 1 heterocycles. The summed E-state index contributed by atoms with van der Waals surface area (Å²) in [6.45, 7) is 6.13. The lowest BCUT2D eigenvalue weighted by molar-refractivity contribution is 0.589. The van der Waals surface area contributed by atoms with Crippen LogP contribution in [-0.2, 0) is 0 Å². The minimum Gasteiger partial charge on any atom is -0.371 e. The molecule has 1 atom stereocenters. The third-order valence-electron chi connectivity index (χ3n) is 4.68. The standard InChI is InChI=1S/C19H27BrN4.HI/c1-2-21-19(23-17-5-3-4-6-17)22-13-15-11-12-24(14-15)18-9-7-16(20)8-10-18;/h3-4,7-10,15,17H,2,5-6,11-14H2,1H3,(H2,21,22,23);1H. The number of nitrogens with zero attached hydrogens (tertiary/aromatic N) is 2. The number of guanidine groups is 1. The van der Waals surface area contributed by atoms with Gasteiger partial charge in [0.05, 0.1) is 0 Å². The topological polar surface area (TPSA) is 39.7 Å². The van der Waals surface area contributed by atoms with Crippen molar-refractivity contribution in [2.24, 2.45) is 10.9 Å². The predicted octanol–water partition coefficient (Wildman–Crippen LogP) is 4.17. The Hall–Kier alpha value is -0.760. The van der Waals surface area contributed by atoms with Gasteiger partial charge in [0.25, 0.3) is 0 Å². The molecule has 0 saturated carbocycles. The summed E-state index contributed by atoms with van der Waals surface area (Å²) in [5, 5.41) is 6.92. The van der Waals surface area contributed by atoms with Gasteiger partial charge in [0.1, 0.15) is 0 Å². The molecule has 0 spiro atoms. The predicted molar refractivity (Wildman–Crippen MR) is 121 cm³/mol. The maximum absolute atomic E-state index is 4.83. The maximum atomic E-state index is 4.83. The quantitative estimate of drug-likeness (QED) is 0.266. The van der Waals surface area contributed by atoms with Gasteiger partial charge in [-0.1, -0.05) is 28.1 Å². The molecule has 6 heteroatoms. The summed E-state index contributed by atoms with van der Waals surface area (Å²) >= 11 is 3.50. The van der Waals surface area contributed by atoms with Gasteiger partial charge < -0.3 is 15.5 Å². The van der Waals surface area contributed by atoms with Crippen molar-refractivity contribution in [2.75, 3.05) is 31.1 Å². The SMILES string of the molecule is CCNC(=NCC1CCN(c2ccc(Br)cc2)C1)NC1CC=CC1.I. The second-order valence-corrected chi connectivity index (χ2v) is 7.50. The number of hydrogen-bond acceptors (Lipinski definition) is 2. The van der Waals surface area contributed by atoms with Crippen LogP contribution in [0.5, 0.6) is 0 Å². The second kappa shape index (κ2) is 10.4. The molecule has 2 N–H and O–H groups in total. The zero-order valence-electron chi connectivity index (χ0n) is 14.7. The van der Waals surface area contributed by atoms with Crippen molar-refractivity contribution in [1.29, 1.82) is 0 Å². The maximum Gasteiger partial charge on any atom is 0.191 e. The molecule has 2 aliphatic rings. The van der Waals surface area contributed by atoms with Crippen molar-refractivity contribution in [1.82, 2.24) is 10.6 Å². The van der Waals surface area contributed by atoms with Gasteiger partial charge in [-0.15, -0.1) is 24.0 Å². The first-order chi connectivity index (χ1) is 11.7. The fourth-order valence-corrected chi connectivity index (χ4v) is 3.60. The zero-order valence-corrected chi connectivity index (χ0v) is 18.7. The molecule has 3 rings (SSSR count). The van der Waals surface area contributed by atoms with Crippen molar-refractivity contribution in [2.45, 2.75) is 32.2 Å². The largest absolute Gasteiger partial charge is 0.371 e. The molecular weight excluding hydrogens is 491 g/mol. The first kappa shape index (κ1) is 20.6. The van der Waals surface area contributed by atoms with Gasteiger partial charge in [-0.3, -0.25) is 4.99 Å². The van der Waals surface area contributed by atoms with Crippen LogP contribution in [0, 0.1) is 5.92 Å². The number of halogens is 2. The van der Waals surface area contributed by atoms with Crippen LogP contribution in [0.25, 0.3) is 0 Å². The Morgan fingerprint density at radius 1 is 1.24 bits per heavy atom. The lowest BCUT2D eigenvalue weighted by Gasteiger charge is -2.19. The van der Waals surface area contributed by atoms with E-state index in [1.165, 1.54) is 12.1 Å². The minimum absolute atomic E-state index is 0. The highest BCUT2D eigenvalue weighted by molar-refractivity contribution is 14.0. The number of nitrogens with one attached hydrogen (secondary N) is 2. The highest BCUT2D eigenvalue weighted by atomic mass is 127. The summed E-state index contributed by atoms with van der Waals surface area (Å²) in [4.78, 5) is 7.30. The van der Waals surface area contributed by atoms with Gasteiger partial charge in [0.2, 0.25) is 0 Å². The van der Waals surface area contributed by atoms with Crippen LogP contribution >= 0.6 is 39.9 Å². The third-order valence-corrected chi connectivity index (χ3v) is 5.21. The van der Waals surface area contributed by atoms with E-state index in [-0.39, 0.29) is 24.0 Å². The molecule has 1 aromatic rings. The Balaban J connectivity index is 0.00000225. The van der Waals surface area contributed by atoms with E-state index in [2.05, 4.69) is 74.8 Å². The first-order valence-electron chi connectivity index (χ1n) is 8.95. The summed E-state index contributed by atoms with van der Waals surface area (Å²) in [5.41, 5.74) is 1.31. The molecule has 25 heavy (non-hydrogen) atoms. The molecule has 1 aliphatic heterocycles. The number of benzene rings is 1. The van der Waals surface area contributed by atoms with E-state index >= 15 is 0 Å². The molecule has 0 bridgehead atoms. The van der Waals surface area contributed by atoms with Gasteiger partial charge in [-0.2, -0.15) is 0 Å². The molecule has 0 radical (unpaired) electrons. The van der Waals surface area contributed by atoms with Crippen LogP contribution in [0.15, 0.2) is 45.9 Å². The van der Waals surface area contributed by atoms with Gasteiger partial charge in [-0.25, -0.2) is 0 Å². The van der Waals surface area contributed by atoms with Crippen molar-refractivity contribution in [3.63, 3.8) is 0 Å². The number of aliphatic imine (C=N–C) groups is 1. The third kappa shape index (κ3) is 6.16. The van der Waals surface area contributed by atoms with E-state index in [0.29, 0.717) is 12.0 Å². The molecule has 1 unspecified atom stereocenters. The van der Waals surface area contributed by atoms with Gasteiger partial charge >= 0.3 is 0 Å². The van der Waals surface area contributed by atoms with Crippen LogP contribution in [0.3, 0.4) is 0 Å². The van der Waals surface area contributed by atoms with Gasteiger partial charge in [0, 0.05) is 42.4 Å². The average Bonchev–Trinajstić information content (AvgIpc) is 3.25. The molecule has 1 aromatic carbocycles. The van der Waals surface area contributed by atoms with E-state index in [1.54, 1.807) is 0 Å². The van der Waals surface area contributed by atoms with E-state index in [1.807, 2.05) is 0 Å². The molecule has 1 aliphatic carbocycles. The number of hydrogen-bond donors (Lipinski definition) is 2. The highest BCUT2D eigenvalue weighted by Crippen LogP contribution is 2.25. The van der Waals surface area contributed by atoms with Crippen LogP contribution in [0.2, 0.25) is 0 Å². The lowest BCUT2D eigenvalue weighted by Crippen LogP contribution is -2.42. The van der Waals surface area contributed by atoms with Crippen molar-refractivity contribution in [3.8, 4) is 0 Å². The Labute approximate surface area is 176 Å². The normalized spacial score (nSPS) is 20.6. The fourth-order valence-electron chi connectivity index (χ4n) is 3.34. The number of anilines is 1. The Morgan fingerprint density at radius 2 is 1.96 bits per heavy atom. The van der Waals surface area contributed by atoms with Gasteiger partial charge in [0.15, 0.2) is 5.96 Å². The molecule has 138 valence electrons. The zero-order chi connectivity index (χ0) is 16.8. The molecule has 4 nitrogen and oxygen atoms in total. The van der Waals surface area contributed by atoms with Crippen molar-refractivity contribution in [3.05, 3.63) is 40.9 Å². The van der Waals surface area contributed by atoms with E-state index in [9.17, 15) is 0 Å². The van der Waals surface area contributed by atoms with E-state index in [4.69, 9.17) is 4.99 Å². The van der Waals surface area contributed by atoms with Crippen LogP contribution in [0.1, 0.15) is 26.2 Å². The Bertz CT molecular complexity index is 580. The summed E-state index contributed by atoms with van der Waals surface area (Å²) in [6, 6.07) is 9.11. The summed E-state index contributed by atoms with van der Waals surface area (Å²) in [5.74, 6) is 1.60. The minimum atomic E-state index is 0. The van der Waals surface area contributed by atoms with Crippen LogP contribution < -0.4 is 15.5 Å². The highest BCUT2D eigenvalue weighted by Gasteiger charge is 2.22. The van der Waals surface area contributed by atoms with Crippen molar-refractivity contribution >= 4 is 51.6 Å². The van der Waals surface area contributed by atoms with Crippen molar-refractivity contribution < 1.29 is 0 Å². The first-order valence-corrected chi connectivity index (χ1v) is 9.74. The average molecular weight is 519 g/mol. The Morgan fingerprint density at radius 3 is 2.64 bits per heavy atom. The molecule has 1 saturated heterocycles. The smallest absolute Gasteiger partial charge is 0.191 e.